The highest BCUT2D eigenvalue weighted by Crippen LogP contribution is 2.34. The van der Waals surface area contributed by atoms with Crippen molar-refractivity contribution in [2.45, 2.75) is 6.18 Å². The molecule has 30 heavy (non-hydrogen) atoms. The number of carboxylic acids is 1. The summed E-state index contributed by atoms with van der Waals surface area (Å²) in [5.74, 6) is -0.696. The summed E-state index contributed by atoms with van der Waals surface area (Å²) in [4.78, 5) is 15.8. The lowest BCUT2D eigenvalue weighted by molar-refractivity contribution is -0.137. The number of methoxy groups -OCH3 is 1. The Morgan fingerprint density at radius 3 is 2.40 bits per heavy atom. The van der Waals surface area contributed by atoms with Gasteiger partial charge >= 0.3 is 12.1 Å². The van der Waals surface area contributed by atoms with E-state index in [0.29, 0.717) is 28.3 Å². The molecular formula is C21H14F3N3O3. The molecule has 0 aliphatic carbocycles. The molecule has 0 unspecified atom stereocenters. The second kappa shape index (κ2) is 7.18. The van der Waals surface area contributed by atoms with Gasteiger partial charge in [0.15, 0.2) is 11.3 Å². The number of rotatable bonds is 4. The van der Waals surface area contributed by atoms with Crippen molar-refractivity contribution in [3.05, 3.63) is 71.9 Å². The van der Waals surface area contributed by atoms with Gasteiger partial charge in [-0.25, -0.2) is 14.3 Å². The Morgan fingerprint density at radius 1 is 1.07 bits per heavy atom. The number of hydrogen-bond donors (Lipinski definition) is 1. The number of benzene rings is 2. The van der Waals surface area contributed by atoms with Gasteiger partial charge in [0.2, 0.25) is 0 Å². The average Bonchev–Trinajstić information content (AvgIpc) is 3.17. The van der Waals surface area contributed by atoms with E-state index >= 15 is 0 Å². The van der Waals surface area contributed by atoms with Gasteiger partial charge < -0.3 is 9.84 Å². The van der Waals surface area contributed by atoms with Gasteiger partial charge in [0.05, 0.1) is 24.1 Å². The second-order valence-electron chi connectivity index (χ2n) is 6.41. The normalized spacial score (nSPS) is 11.6. The van der Waals surface area contributed by atoms with Gasteiger partial charge in [-0.1, -0.05) is 24.3 Å². The third-order valence-corrected chi connectivity index (χ3v) is 4.54. The lowest BCUT2D eigenvalue weighted by atomic mass is 10.1. The number of carboxylic acid groups (broad SMARTS) is 1. The van der Waals surface area contributed by atoms with Crippen molar-refractivity contribution in [2.24, 2.45) is 0 Å². The SMILES string of the molecule is COc1ccccc1-c1cc(-c2ccc(C(F)(F)F)cc2)nc2cc(C(=O)O)nn12. The van der Waals surface area contributed by atoms with Crippen molar-refractivity contribution in [3.63, 3.8) is 0 Å². The molecule has 4 aromatic rings. The summed E-state index contributed by atoms with van der Waals surface area (Å²) < 4.78 is 45.4. The van der Waals surface area contributed by atoms with E-state index in [1.54, 1.807) is 30.3 Å². The smallest absolute Gasteiger partial charge is 0.416 e. The van der Waals surface area contributed by atoms with Crippen LogP contribution in [-0.4, -0.2) is 32.8 Å². The summed E-state index contributed by atoms with van der Waals surface area (Å²) in [6, 6.07) is 14.6. The zero-order valence-electron chi connectivity index (χ0n) is 15.5. The Kier molecular flexibility index (Phi) is 4.65. The van der Waals surface area contributed by atoms with E-state index in [0.717, 1.165) is 12.1 Å². The number of nitrogens with zero attached hydrogens (tertiary/aromatic N) is 3. The van der Waals surface area contributed by atoms with Gasteiger partial charge in [0.1, 0.15) is 5.75 Å². The number of carbonyl (C=O) groups is 1. The highest BCUT2D eigenvalue weighted by molar-refractivity contribution is 5.87. The van der Waals surface area contributed by atoms with Crippen LogP contribution in [0.5, 0.6) is 5.75 Å². The molecule has 2 aromatic heterocycles. The van der Waals surface area contributed by atoms with E-state index in [1.807, 2.05) is 0 Å². The lowest BCUT2D eigenvalue weighted by Gasteiger charge is -2.12. The summed E-state index contributed by atoms with van der Waals surface area (Å²) in [7, 11) is 1.50. The Balaban J connectivity index is 1.95. The number of fused-ring (bicyclic) bond motifs is 1. The third-order valence-electron chi connectivity index (χ3n) is 4.54. The number of alkyl halides is 3. The van der Waals surface area contributed by atoms with Crippen molar-refractivity contribution in [1.82, 2.24) is 14.6 Å². The number of para-hydroxylation sites is 1. The fourth-order valence-corrected chi connectivity index (χ4v) is 3.10. The Hall–Kier alpha value is -3.88. The average molecular weight is 413 g/mol. The van der Waals surface area contributed by atoms with Gasteiger partial charge in [-0.3, -0.25) is 0 Å². The highest BCUT2D eigenvalue weighted by atomic mass is 19.4. The van der Waals surface area contributed by atoms with Gasteiger partial charge in [0, 0.05) is 17.2 Å². The molecule has 0 bridgehead atoms. The number of halogens is 3. The Morgan fingerprint density at radius 2 is 1.77 bits per heavy atom. The maximum Gasteiger partial charge on any atom is 0.416 e. The maximum absolute atomic E-state index is 12.9. The van der Waals surface area contributed by atoms with Crippen molar-refractivity contribution in [2.75, 3.05) is 7.11 Å². The summed E-state index contributed by atoms with van der Waals surface area (Å²) in [5.41, 5.74) is 1.19. The molecule has 0 fully saturated rings. The Labute approximate surface area is 168 Å². The first-order valence-electron chi connectivity index (χ1n) is 8.73. The van der Waals surface area contributed by atoms with E-state index < -0.39 is 17.7 Å². The first-order chi connectivity index (χ1) is 14.3. The van der Waals surface area contributed by atoms with Crippen molar-refractivity contribution in [1.29, 1.82) is 0 Å². The molecule has 0 atom stereocenters. The fourth-order valence-electron chi connectivity index (χ4n) is 3.10. The zero-order chi connectivity index (χ0) is 21.5. The molecule has 0 spiro atoms. The topological polar surface area (TPSA) is 76.7 Å². The van der Waals surface area contributed by atoms with Crippen molar-refractivity contribution < 1.29 is 27.8 Å². The zero-order valence-corrected chi connectivity index (χ0v) is 15.5. The molecule has 0 amide bonds. The van der Waals surface area contributed by atoms with Crippen LogP contribution >= 0.6 is 0 Å². The second-order valence-corrected chi connectivity index (χ2v) is 6.41. The Bertz CT molecular complexity index is 1250. The van der Waals surface area contributed by atoms with Crippen molar-refractivity contribution >= 4 is 11.6 Å². The minimum Gasteiger partial charge on any atom is -0.496 e. The molecule has 152 valence electrons. The highest BCUT2D eigenvalue weighted by Gasteiger charge is 2.30. The fraction of sp³-hybridized carbons (Fsp3) is 0.0952. The minimum absolute atomic E-state index is 0.205. The quantitative estimate of drug-likeness (QED) is 0.521. The van der Waals surface area contributed by atoms with Crippen molar-refractivity contribution in [3.8, 4) is 28.3 Å². The largest absolute Gasteiger partial charge is 0.496 e. The summed E-state index contributed by atoms with van der Waals surface area (Å²) in [6.45, 7) is 0. The van der Waals surface area contributed by atoms with Crippen LogP contribution in [0.1, 0.15) is 16.1 Å². The van der Waals surface area contributed by atoms with Crippen LogP contribution in [-0.2, 0) is 6.18 Å². The van der Waals surface area contributed by atoms with E-state index in [4.69, 9.17) is 4.74 Å². The van der Waals surface area contributed by atoms with Gasteiger partial charge in [0.25, 0.3) is 0 Å². The summed E-state index contributed by atoms with van der Waals surface area (Å²) in [5, 5.41) is 13.4. The molecule has 0 saturated carbocycles. The minimum atomic E-state index is -4.44. The number of ether oxygens (including phenoxy) is 1. The van der Waals surface area contributed by atoms with Gasteiger partial charge in [-0.15, -0.1) is 0 Å². The van der Waals surface area contributed by atoms with Crippen LogP contribution in [0.4, 0.5) is 13.2 Å². The van der Waals surface area contributed by atoms with Crippen LogP contribution in [0.25, 0.3) is 28.2 Å². The van der Waals surface area contributed by atoms with Crippen LogP contribution in [0.15, 0.2) is 60.7 Å². The van der Waals surface area contributed by atoms with Gasteiger partial charge in [-0.2, -0.15) is 18.3 Å². The molecule has 0 radical (unpaired) electrons. The molecule has 6 nitrogen and oxygen atoms in total. The summed E-state index contributed by atoms with van der Waals surface area (Å²) in [6.07, 6.45) is -4.44. The first kappa shape index (κ1) is 19.4. The van der Waals surface area contributed by atoms with Gasteiger partial charge in [-0.05, 0) is 30.3 Å². The molecule has 1 N–H and O–H groups in total. The van der Waals surface area contributed by atoms with Crippen LogP contribution in [0.2, 0.25) is 0 Å². The van der Waals surface area contributed by atoms with Crippen LogP contribution in [0, 0.1) is 0 Å². The molecule has 9 heteroatoms. The maximum atomic E-state index is 12.9. The van der Waals surface area contributed by atoms with E-state index in [-0.39, 0.29) is 11.3 Å². The molecule has 0 aliphatic rings. The molecule has 2 aromatic carbocycles. The molecule has 4 rings (SSSR count). The number of hydrogen-bond acceptors (Lipinski definition) is 4. The van der Waals surface area contributed by atoms with E-state index in [9.17, 15) is 23.1 Å². The number of aromatic nitrogens is 3. The lowest BCUT2D eigenvalue weighted by Crippen LogP contribution is -2.04. The first-order valence-corrected chi connectivity index (χ1v) is 8.73. The molecule has 0 saturated heterocycles. The van der Waals surface area contributed by atoms with Crippen LogP contribution < -0.4 is 4.74 Å². The predicted octanol–water partition coefficient (Wildman–Crippen LogP) is 4.79. The monoisotopic (exact) mass is 413 g/mol. The standard InChI is InChI=1S/C21H14F3N3O3/c1-30-18-5-3-2-4-14(18)17-10-15(12-6-8-13(9-7-12)21(22,23)24)25-19-11-16(20(28)29)26-27(17)19/h2-11H,1H3,(H,28,29). The molecule has 0 aliphatic heterocycles. The van der Waals surface area contributed by atoms with Crippen LogP contribution in [0.3, 0.4) is 0 Å². The van der Waals surface area contributed by atoms with E-state index in [2.05, 4.69) is 10.1 Å². The third kappa shape index (κ3) is 3.45. The number of aromatic carboxylic acids is 1. The predicted molar refractivity (Wildman–Crippen MR) is 102 cm³/mol. The van der Waals surface area contributed by atoms with E-state index in [1.165, 1.54) is 29.8 Å². The molecule has 2 heterocycles. The molecular weight excluding hydrogens is 399 g/mol. The summed E-state index contributed by atoms with van der Waals surface area (Å²) >= 11 is 0.